The van der Waals surface area contributed by atoms with Crippen molar-refractivity contribution in [2.75, 3.05) is 0 Å². The van der Waals surface area contributed by atoms with E-state index < -0.39 is 0 Å². The van der Waals surface area contributed by atoms with Crippen LogP contribution in [0.1, 0.15) is 18.1 Å². The lowest BCUT2D eigenvalue weighted by Crippen LogP contribution is -2.30. The predicted molar refractivity (Wildman–Crippen MR) is 70.9 cm³/mol. The zero-order valence-electron chi connectivity index (χ0n) is 10.6. The molecule has 0 fully saturated rings. The summed E-state index contributed by atoms with van der Waals surface area (Å²) in [6, 6.07) is 10.3. The molecule has 0 bridgehead atoms. The molecule has 2 aromatic rings. The summed E-state index contributed by atoms with van der Waals surface area (Å²) in [7, 11) is 0. The highest BCUT2D eigenvalue weighted by Gasteiger charge is 2.02. The van der Waals surface area contributed by atoms with E-state index in [1.54, 1.807) is 6.20 Å². The first-order valence-electron chi connectivity index (χ1n) is 6.17. The van der Waals surface area contributed by atoms with E-state index >= 15 is 0 Å². The quantitative estimate of drug-likeness (QED) is 0.812. The number of aliphatic hydroxyl groups is 1. The molecule has 0 aliphatic heterocycles. The lowest BCUT2D eigenvalue weighted by Gasteiger charge is -2.14. The summed E-state index contributed by atoms with van der Waals surface area (Å²) in [6.45, 7) is 3.93. The molecule has 2 N–H and O–H groups in total. The Morgan fingerprint density at radius 2 is 2.00 bits per heavy atom. The zero-order valence-corrected chi connectivity index (χ0v) is 10.6. The molecule has 0 saturated carbocycles. The molecule has 0 aliphatic carbocycles. The molecule has 0 spiro atoms. The maximum absolute atomic E-state index is 8.96. The molecule has 0 aliphatic rings. The van der Waals surface area contributed by atoms with Crippen molar-refractivity contribution in [3.8, 4) is 0 Å². The van der Waals surface area contributed by atoms with Gasteiger partial charge in [-0.2, -0.15) is 5.10 Å². The molecule has 0 amide bonds. The van der Waals surface area contributed by atoms with Gasteiger partial charge in [-0.15, -0.1) is 0 Å². The largest absolute Gasteiger partial charge is 0.392 e. The van der Waals surface area contributed by atoms with Gasteiger partial charge >= 0.3 is 0 Å². The van der Waals surface area contributed by atoms with Crippen molar-refractivity contribution >= 4 is 0 Å². The van der Waals surface area contributed by atoms with E-state index in [1.165, 1.54) is 5.56 Å². The van der Waals surface area contributed by atoms with Gasteiger partial charge in [0.1, 0.15) is 0 Å². The minimum atomic E-state index is 0.101. The van der Waals surface area contributed by atoms with Crippen LogP contribution in [-0.4, -0.2) is 20.9 Å². The van der Waals surface area contributed by atoms with Crippen molar-refractivity contribution < 1.29 is 5.11 Å². The molecule has 4 nitrogen and oxygen atoms in total. The van der Waals surface area contributed by atoms with Crippen LogP contribution >= 0.6 is 0 Å². The Kier molecular flexibility index (Phi) is 4.50. The molecule has 2 rings (SSSR count). The number of aromatic nitrogens is 2. The van der Waals surface area contributed by atoms with Gasteiger partial charge in [-0.1, -0.05) is 24.3 Å². The van der Waals surface area contributed by atoms with Crippen LogP contribution in [0.3, 0.4) is 0 Å². The summed E-state index contributed by atoms with van der Waals surface area (Å²) < 4.78 is 1.92. The van der Waals surface area contributed by atoms with Gasteiger partial charge in [0.2, 0.25) is 0 Å². The summed E-state index contributed by atoms with van der Waals surface area (Å²) in [6.07, 6.45) is 3.76. The Hall–Kier alpha value is -1.65. The fourth-order valence-corrected chi connectivity index (χ4v) is 1.81. The SMILES string of the molecule is CC(Cn1cccn1)NCc1ccc(CO)cc1. The number of hydrogen-bond donors (Lipinski definition) is 2. The first kappa shape index (κ1) is 12.8. The van der Waals surface area contributed by atoms with Crippen molar-refractivity contribution in [1.29, 1.82) is 0 Å². The summed E-state index contributed by atoms with van der Waals surface area (Å²) in [5.41, 5.74) is 2.17. The zero-order chi connectivity index (χ0) is 12.8. The van der Waals surface area contributed by atoms with Crippen LogP contribution in [0, 0.1) is 0 Å². The molecule has 1 unspecified atom stereocenters. The van der Waals surface area contributed by atoms with Crippen molar-refractivity contribution in [2.24, 2.45) is 0 Å². The van der Waals surface area contributed by atoms with Crippen LogP contribution in [0.2, 0.25) is 0 Å². The van der Waals surface area contributed by atoms with Crippen molar-refractivity contribution in [3.63, 3.8) is 0 Å². The normalized spacial score (nSPS) is 12.6. The summed E-state index contributed by atoms with van der Waals surface area (Å²) in [5, 5.41) is 16.6. The number of benzene rings is 1. The van der Waals surface area contributed by atoms with Crippen molar-refractivity contribution in [1.82, 2.24) is 15.1 Å². The topological polar surface area (TPSA) is 50.1 Å². The van der Waals surface area contributed by atoms with E-state index in [2.05, 4.69) is 17.3 Å². The van der Waals surface area contributed by atoms with Crippen LogP contribution in [0.4, 0.5) is 0 Å². The highest BCUT2D eigenvalue weighted by molar-refractivity contribution is 5.21. The Labute approximate surface area is 107 Å². The van der Waals surface area contributed by atoms with E-state index in [0.29, 0.717) is 6.04 Å². The van der Waals surface area contributed by atoms with Gasteiger partial charge in [0.15, 0.2) is 0 Å². The molecule has 18 heavy (non-hydrogen) atoms. The minimum Gasteiger partial charge on any atom is -0.392 e. The average molecular weight is 245 g/mol. The standard InChI is InChI=1S/C14H19N3O/c1-12(10-17-8-2-7-16-17)15-9-13-3-5-14(11-18)6-4-13/h2-8,12,15,18H,9-11H2,1H3. The average Bonchev–Trinajstić information content (AvgIpc) is 2.90. The van der Waals surface area contributed by atoms with Crippen LogP contribution in [0.5, 0.6) is 0 Å². The molecule has 1 aromatic heterocycles. The molecular weight excluding hydrogens is 226 g/mol. The molecule has 4 heteroatoms. The maximum Gasteiger partial charge on any atom is 0.0681 e. The molecule has 96 valence electrons. The predicted octanol–water partition coefficient (Wildman–Crippen LogP) is 1.55. The number of hydrogen-bond acceptors (Lipinski definition) is 3. The lowest BCUT2D eigenvalue weighted by atomic mass is 10.1. The van der Waals surface area contributed by atoms with Gasteiger partial charge < -0.3 is 10.4 Å². The van der Waals surface area contributed by atoms with Gasteiger partial charge in [-0.05, 0) is 24.1 Å². The molecule has 0 radical (unpaired) electrons. The Bertz CT molecular complexity index is 450. The van der Waals surface area contributed by atoms with Crippen LogP contribution in [0.15, 0.2) is 42.7 Å². The number of nitrogens with zero attached hydrogens (tertiary/aromatic N) is 2. The van der Waals surface area contributed by atoms with E-state index in [1.807, 2.05) is 41.2 Å². The fraction of sp³-hybridized carbons (Fsp3) is 0.357. The van der Waals surface area contributed by atoms with Crippen molar-refractivity contribution in [3.05, 3.63) is 53.9 Å². The van der Waals surface area contributed by atoms with E-state index in [-0.39, 0.29) is 6.61 Å². The van der Waals surface area contributed by atoms with Gasteiger partial charge in [0.25, 0.3) is 0 Å². The van der Waals surface area contributed by atoms with Gasteiger partial charge in [-0.3, -0.25) is 4.68 Å². The Morgan fingerprint density at radius 3 is 2.61 bits per heavy atom. The van der Waals surface area contributed by atoms with Crippen LogP contribution in [-0.2, 0) is 19.7 Å². The minimum absolute atomic E-state index is 0.101. The van der Waals surface area contributed by atoms with E-state index in [9.17, 15) is 0 Å². The van der Waals surface area contributed by atoms with Gasteiger partial charge in [0, 0.05) is 25.0 Å². The second-order valence-corrected chi connectivity index (χ2v) is 4.48. The molecule has 1 heterocycles. The third-order valence-electron chi connectivity index (χ3n) is 2.88. The summed E-state index contributed by atoms with van der Waals surface area (Å²) in [4.78, 5) is 0. The number of rotatable bonds is 6. The first-order valence-corrected chi connectivity index (χ1v) is 6.17. The van der Waals surface area contributed by atoms with E-state index in [4.69, 9.17) is 5.11 Å². The smallest absolute Gasteiger partial charge is 0.0681 e. The second-order valence-electron chi connectivity index (χ2n) is 4.48. The summed E-state index contributed by atoms with van der Waals surface area (Å²) in [5.74, 6) is 0. The second kappa shape index (κ2) is 6.33. The van der Waals surface area contributed by atoms with Crippen molar-refractivity contribution in [2.45, 2.75) is 32.7 Å². The Balaban J connectivity index is 1.79. The highest BCUT2D eigenvalue weighted by atomic mass is 16.3. The van der Waals surface area contributed by atoms with E-state index in [0.717, 1.165) is 18.7 Å². The molecule has 1 aromatic carbocycles. The highest BCUT2D eigenvalue weighted by Crippen LogP contribution is 2.04. The lowest BCUT2D eigenvalue weighted by molar-refractivity contribution is 0.282. The maximum atomic E-state index is 8.96. The number of aliphatic hydroxyl groups excluding tert-OH is 1. The van der Waals surface area contributed by atoms with Crippen LogP contribution < -0.4 is 5.32 Å². The Morgan fingerprint density at radius 1 is 1.28 bits per heavy atom. The molecule has 1 atom stereocenters. The number of nitrogens with one attached hydrogen (secondary N) is 1. The molecular formula is C14H19N3O. The van der Waals surface area contributed by atoms with Gasteiger partial charge in [0.05, 0.1) is 13.2 Å². The fourth-order valence-electron chi connectivity index (χ4n) is 1.81. The van der Waals surface area contributed by atoms with Crippen LogP contribution in [0.25, 0.3) is 0 Å². The monoisotopic (exact) mass is 245 g/mol. The third-order valence-corrected chi connectivity index (χ3v) is 2.88. The van der Waals surface area contributed by atoms with Gasteiger partial charge in [-0.25, -0.2) is 0 Å². The first-order chi connectivity index (χ1) is 8.78. The summed E-state index contributed by atoms with van der Waals surface area (Å²) >= 11 is 0. The molecule has 0 saturated heterocycles. The third kappa shape index (κ3) is 3.68.